The molecular formula is C27H18Cl2F3N3O3S. The molecule has 2 aromatic carbocycles. The van der Waals surface area contributed by atoms with Crippen LogP contribution in [-0.2, 0) is 30.7 Å². The van der Waals surface area contributed by atoms with Gasteiger partial charge in [-0.15, -0.1) is 11.3 Å². The molecule has 1 N–H and O–H groups in total. The number of alkyl halides is 3. The van der Waals surface area contributed by atoms with Crippen LogP contribution < -0.4 is 0 Å². The molecule has 0 aliphatic carbocycles. The van der Waals surface area contributed by atoms with Crippen LogP contribution in [0.25, 0.3) is 21.6 Å². The number of halogens is 5. The van der Waals surface area contributed by atoms with Gasteiger partial charge in [0, 0.05) is 18.1 Å². The van der Waals surface area contributed by atoms with Crippen LogP contribution in [0.5, 0.6) is 0 Å². The van der Waals surface area contributed by atoms with Crippen LogP contribution in [0.3, 0.4) is 0 Å². The van der Waals surface area contributed by atoms with Crippen molar-refractivity contribution in [1.82, 2.24) is 14.5 Å². The Labute approximate surface area is 234 Å². The standard InChI is InChI=1S/C27H18Cl2F3N3O3S/c28-20-10-23(27(30,31)32)34-21-6-3-16(9-19(20)21)13-38-14-18-12-35(25(33-18)22-7-8-24(29)39-22)11-15-1-4-17(5-2-15)26(36)37/h1-10,12H,11,13-14H2,(H,36,37). The van der Waals surface area contributed by atoms with Crippen molar-refractivity contribution in [2.75, 3.05) is 0 Å². The Morgan fingerprint density at radius 2 is 1.72 bits per heavy atom. The normalized spacial score (nSPS) is 11.8. The van der Waals surface area contributed by atoms with Crippen LogP contribution in [0.15, 0.2) is 66.9 Å². The highest BCUT2D eigenvalue weighted by molar-refractivity contribution is 7.19. The number of imidazole rings is 1. The molecule has 0 aliphatic rings. The summed E-state index contributed by atoms with van der Waals surface area (Å²) in [5.74, 6) is -0.301. The van der Waals surface area contributed by atoms with Crippen LogP contribution >= 0.6 is 34.5 Å². The van der Waals surface area contributed by atoms with Gasteiger partial charge in [0.1, 0.15) is 5.69 Å². The van der Waals surface area contributed by atoms with E-state index in [-0.39, 0.29) is 29.3 Å². The van der Waals surface area contributed by atoms with E-state index < -0.39 is 17.8 Å². The fraction of sp³-hybridized carbons (Fsp3) is 0.148. The summed E-state index contributed by atoms with van der Waals surface area (Å²) in [5, 5.41) is 9.51. The molecule has 3 aromatic heterocycles. The SMILES string of the molecule is O=C(O)c1ccc(Cn2cc(COCc3ccc4nc(C(F)(F)F)cc(Cl)c4c3)nc2-c2ccc(Cl)s2)cc1. The maximum absolute atomic E-state index is 13.0. The molecule has 3 heterocycles. The average Bonchev–Trinajstić information content (AvgIpc) is 3.49. The number of ether oxygens (including phenoxy) is 1. The first-order valence-electron chi connectivity index (χ1n) is 11.4. The molecule has 0 radical (unpaired) electrons. The zero-order valence-corrected chi connectivity index (χ0v) is 22.2. The maximum atomic E-state index is 13.0. The van der Waals surface area contributed by atoms with Crippen molar-refractivity contribution in [2.45, 2.75) is 25.9 Å². The van der Waals surface area contributed by atoms with Gasteiger partial charge in [0.05, 0.1) is 44.2 Å². The Morgan fingerprint density at radius 1 is 0.974 bits per heavy atom. The minimum absolute atomic E-state index is 0.0384. The van der Waals surface area contributed by atoms with E-state index in [4.69, 9.17) is 38.0 Å². The largest absolute Gasteiger partial charge is 0.478 e. The van der Waals surface area contributed by atoms with E-state index in [1.54, 1.807) is 42.5 Å². The van der Waals surface area contributed by atoms with Gasteiger partial charge in [-0.25, -0.2) is 14.8 Å². The van der Waals surface area contributed by atoms with Crippen LogP contribution in [0.4, 0.5) is 13.2 Å². The highest BCUT2D eigenvalue weighted by atomic mass is 35.5. The number of pyridine rings is 1. The van der Waals surface area contributed by atoms with Gasteiger partial charge >= 0.3 is 12.1 Å². The predicted octanol–water partition coefficient (Wildman–Crippen LogP) is 7.95. The van der Waals surface area contributed by atoms with Crippen molar-refractivity contribution in [3.05, 3.63) is 104 Å². The Bertz CT molecular complexity index is 1670. The number of fused-ring (bicyclic) bond motifs is 1. The van der Waals surface area contributed by atoms with E-state index in [1.807, 2.05) is 16.8 Å². The molecule has 0 saturated carbocycles. The fourth-order valence-electron chi connectivity index (χ4n) is 3.98. The lowest BCUT2D eigenvalue weighted by atomic mass is 10.1. The second kappa shape index (κ2) is 11.0. The molecule has 6 nitrogen and oxygen atoms in total. The van der Waals surface area contributed by atoms with E-state index in [2.05, 4.69) is 4.98 Å². The summed E-state index contributed by atoms with van der Waals surface area (Å²) in [6, 6.07) is 15.9. The first-order valence-corrected chi connectivity index (χ1v) is 13.0. The van der Waals surface area contributed by atoms with Crippen molar-refractivity contribution in [1.29, 1.82) is 0 Å². The van der Waals surface area contributed by atoms with E-state index in [0.29, 0.717) is 33.3 Å². The maximum Gasteiger partial charge on any atom is 0.433 e. The summed E-state index contributed by atoms with van der Waals surface area (Å²) in [6.45, 7) is 0.804. The van der Waals surface area contributed by atoms with Gasteiger partial charge in [-0.05, 0) is 53.6 Å². The molecule has 0 unspecified atom stereocenters. The number of thiophene rings is 1. The number of aromatic nitrogens is 3. The van der Waals surface area contributed by atoms with Gasteiger partial charge in [-0.1, -0.05) is 41.4 Å². The number of aromatic carboxylic acids is 1. The number of nitrogens with zero attached hydrogens (tertiary/aromatic N) is 3. The molecule has 0 saturated heterocycles. The molecule has 0 spiro atoms. The van der Waals surface area contributed by atoms with Gasteiger partial charge in [0.25, 0.3) is 0 Å². The van der Waals surface area contributed by atoms with E-state index in [0.717, 1.165) is 16.5 Å². The minimum atomic E-state index is -4.59. The van der Waals surface area contributed by atoms with Crippen LogP contribution in [0.2, 0.25) is 9.36 Å². The zero-order chi connectivity index (χ0) is 27.7. The molecule has 12 heteroatoms. The van der Waals surface area contributed by atoms with Crippen LogP contribution in [-0.4, -0.2) is 25.6 Å². The van der Waals surface area contributed by atoms with Crippen molar-refractivity contribution in [3.8, 4) is 10.7 Å². The summed E-state index contributed by atoms with van der Waals surface area (Å²) >= 11 is 13.6. The summed E-state index contributed by atoms with van der Waals surface area (Å²) in [6.07, 6.45) is -2.73. The number of benzene rings is 2. The number of carbonyl (C=O) groups is 1. The third kappa shape index (κ3) is 6.25. The quantitative estimate of drug-likeness (QED) is 0.198. The Balaban J connectivity index is 1.33. The van der Waals surface area contributed by atoms with Gasteiger partial charge < -0.3 is 14.4 Å². The lowest BCUT2D eigenvalue weighted by Crippen LogP contribution is -2.08. The van der Waals surface area contributed by atoms with Crippen LogP contribution in [0.1, 0.15) is 32.9 Å². The third-order valence-electron chi connectivity index (χ3n) is 5.81. The van der Waals surface area contributed by atoms with Gasteiger partial charge in [0.2, 0.25) is 0 Å². The van der Waals surface area contributed by atoms with Crippen molar-refractivity contribution >= 4 is 51.4 Å². The molecule has 0 fully saturated rings. The highest BCUT2D eigenvalue weighted by Crippen LogP contribution is 2.34. The third-order valence-corrected chi connectivity index (χ3v) is 7.35. The molecule has 0 bridgehead atoms. The Morgan fingerprint density at radius 3 is 2.38 bits per heavy atom. The zero-order valence-electron chi connectivity index (χ0n) is 19.9. The van der Waals surface area contributed by atoms with E-state index in [9.17, 15) is 18.0 Å². The van der Waals surface area contributed by atoms with Crippen molar-refractivity contribution < 1.29 is 27.8 Å². The molecule has 5 aromatic rings. The second-order valence-corrected chi connectivity index (χ2v) is 10.7. The number of hydrogen-bond donors (Lipinski definition) is 1. The molecule has 0 atom stereocenters. The molecule has 5 rings (SSSR count). The van der Waals surface area contributed by atoms with Crippen molar-refractivity contribution in [3.63, 3.8) is 0 Å². The van der Waals surface area contributed by atoms with E-state index >= 15 is 0 Å². The molecule has 39 heavy (non-hydrogen) atoms. The smallest absolute Gasteiger partial charge is 0.433 e. The topological polar surface area (TPSA) is 77.2 Å². The predicted molar refractivity (Wildman–Crippen MR) is 143 cm³/mol. The van der Waals surface area contributed by atoms with Gasteiger partial charge in [-0.2, -0.15) is 13.2 Å². The molecule has 0 aliphatic heterocycles. The lowest BCUT2D eigenvalue weighted by Gasteiger charge is -2.10. The number of carboxylic acid groups (broad SMARTS) is 1. The Hall–Kier alpha value is -3.44. The summed E-state index contributed by atoms with van der Waals surface area (Å²) in [4.78, 5) is 20.4. The van der Waals surface area contributed by atoms with Gasteiger partial charge in [0.15, 0.2) is 5.82 Å². The minimum Gasteiger partial charge on any atom is -0.478 e. The monoisotopic (exact) mass is 591 g/mol. The average molecular weight is 592 g/mol. The van der Waals surface area contributed by atoms with E-state index in [1.165, 1.54) is 17.4 Å². The fourth-order valence-corrected chi connectivity index (χ4v) is 5.28. The second-order valence-electron chi connectivity index (χ2n) is 8.62. The molecule has 200 valence electrons. The number of hydrogen-bond acceptors (Lipinski definition) is 5. The number of carboxylic acids is 1. The first-order chi connectivity index (χ1) is 18.6. The lowest BCUT2D eigenvalue weighted by molar-refractivity contribution is -0.140. The summed E-state index contributed by atoms with van der Waals surface area (Å²) in [5.41, 5.74) is 1.58. The Kier molecular flexibility index (Phi) is 7.64. The van der Waals surface area contributed by atoms with Gasteiger partial charge in [-0.3, -0.25) is 0 Å². The molecular weight excluding hydrogens is 574 g/mol. The van der Waals surface area contributed by atoms with Crippen molar-refractivity contribution in [2.24, 2.45) is 0 Å². The highest BCUT2D eigenvalue weighted by Gasteiger charge is 2.33. The number of rotatable bonds is 8. The summed E-state index contributed by atoms with van der Waals surface area (Å²) < 4.78 is 47.5. The molecule has 0 amide bonds. The van der Waals surface area contributed by atoms with Crippen LogP contribution in [0, 0.1) is 0 Å². The first kappa shape index (κ1) is 27.1. The summed E-state index contributed by atoms with van der Waals surface area (Å²) in [7, 11) is 0.